The van der Waals surface area contributed by atoms with Gasteiger partial charge in [0.1, 0.15) is 5.76 Å². The van der Waals surface area contributed by atoms with Gasteiger partial charge in [0.05, 0.1) is 39.0 Å². The molecule has 3 heterocycles. The number of carbonyl (C=O) groups excluding carboxylic acids is 2. The number of Topliss-reactive ketones (excluding diaryl/α,β-unsaturated/α-hetero) is 1. The van der Waals surface area contributed by atoms with Gasteiger partial charge in [0, 0.05) is 44.1 Å². The SMILES string of the molecule is COc1ccc(/C(O)=C2\C(=O)C(=O)N(CCN3CCOCC3)C2c2ccncc2)cc1OC. The number of pyridine rings is 1. The molecule has 9 nitrogen and oxygen atoms in total. The number of methoxy groups -OCH3 is 2. The van der Waals surface area contributed by atoms with Crippen molar-refractivity contribution >= 4 is 17.4 Å². The molecular formula is C24H27N3O6. The first-order valence-electron chi connectivity index (χ1n) is 10.8. The number of aromatic nitrogens is 1. The molecule has 1 unspecified atom stereocenters. The van der Waals surface area contributed by atoms with E-state index in [0.29, 0.717) is 48.9 Å². The number of hydrogen-bond acceptors (Lipinski definition) is 8. The average molecular weight is 453 g/mol. The first-order valence-corrected chi connectivity index (χ1v) is 10.8. The van der Waals surface area contributed by atoms with E-state index in [2.05, 4.69) is 9.88 Å². The predicted molar refractivity (Wildman–Crippen MR) is 120 cm³/mol. The summed E-state index contributed by atoms with van der Waals surface area (Å²) in [5.41, 5.74) is 1.10. The maximum atomic E-state index is 13.1. The Balaban J connectivity index is 1.73. The van der Waals surface area contributed by atoms with Crippen LogP contribution in [0.5, 0.6) is 11.5 Å². The van der Waals surface area contributed by atoms with Crippen LogP contribution in [0.2, 0.25) is 0 Å². The van der Waals surface area contributed by atoms with Gasteiger partial charge in [0.2, 0.25) is 0 Å². The number of likely N-dealkylation sites (tertiary alicyclic amines) is 1. The second kappa shape index (κ2) is 10.0. The van der Waals surface area contributed by atoms with Crippen LogP contribution in [0.15, 0.2) is 48.3 Å². The van der Waals surface area contributed by atoms with Gasteiger partial charge in [-0.05, 0) is 35.9 Å². The van der Waals surface area contributed by atoms with Crippen LogP contribution in [0.1, 0.15) is 17.2 Å². The van der Waals surface area contributed by atoms with Gasteiger partial charge in [-0.2, -0.15) is 0 Å². The molecule has 33 heavy (non-hydrogen) atoms. The number of nitrogens with zero attached hydrogens (tertiary/aromatic N) is 3. The number of benzene rings is 1. The lowest BCUT2D eigenvalue weighted by Gasteiger charge is -2.31. The van der Waals surface area contributed by atoms with Crippen LogP contribution < -0.4 is 9.47 Å². The zero-order chi connectivity index (χ0) is 23.4. The zero-order valence-electron chi connectivity index (χ0n) is 18.7. The van der Waals surface area contributed by atoms with Gasteiger partial charge in [-0.15, -0.1) is 0 Å². The van der Waals surface area contributed by atoms with E-state index < -0.39 is 17.7 Å². The zero-order valence-corrected chi connectivity index (χ0v) is 18.7. The van der Waals surface area contributed by atoms with Gasteiger partial charge in [-0.25, -0.2) is 0 Å². The van der Waals surface area contributed by atoms with E-state index in [9.17, 15) is 14.7 Å². The summed E-state index contributed by atoms with van der Waals surface area (Å²) in [6, 6.07) is 7.63. The van der Waals surface area contributed by atoms with E-state index in [1.54, 1.807) is 42.7 Å². The number of morpholine rings is 1. The standard InChI is InChI=1S/C24H27N3O6/c1-31-18-4-3-17(15-19(18)32-2)22(28)20-21(16-5-7-25-8-6-16)27(24(30)23(20)29)10-9-26-11-13-33-14-12-26/h3-8,15,21,28H,9-14H2,1-2H3/b22-20+. The fourth-order valence-corrected chi connectivity index (χ4v) is 4.22. The van der Waals surface area contributed by atoms with Crippen LogP contribution >= 0.6 is 0 Å². The van der Waals surface area contributed by atoms with E-state index in [-0.39, 0.29) is 11.3 Å². The van der Waals surface area contributed by atoms with Crippen molar-refractivity contribution < 1.29 is 28.9 Å². The van der Waals surface area contributed by atoms with Crippen molar-refractivity contribution in [3.8, 4) is 11.5 Å². The van der Waals surface area contributed by atoms with Crippen LogP contribution in [0.3, 0.4) is 0 Å². The summed E-state index contributed by atoms with van der Waals surface area (Å²) < 4.78 is 16.0. The van der Waals surface area contributed by atoms with E-state index in [1.807, 2.05) is 0 Å². The number of aliphatic hydroxyl groups is 1. The van der Waals surface area contributed by atoms with Crippen LogP contribution in [0.4, 0.5) is 0 Å². The topological polar surface area (TPSA) is 101 Å². The van der Waals surface area contributed by atoms with Crippen molar-refractivity contribution in [3.63, 3.8) is 0 Å². The van der Waals surface area contributed by atoms with Crippen molar-refractivity contribution in [2.45, 2.75) is 6.04 Å². The molecule has 0 spiro atoms. The molecule has 0 bridgehead atoms. The third-order valence-electron chi connectivity index (χ3n) is 5.98. The summed E-state index contributed by atoms with van der Waals surface area (Å²) in [5.74, 6) is -0.711. The number of rotatable bonds is 7. The Bertz CT molecular complexity index is 1050. The van der Waals surface area contributed by atoms with Crippen LogP contribution in [-0.2, 0) is 14.3 Å². The molecule has 2 saturated heterocycles. The molecule has 0 aliphatic carbocycles. The highest BCUT2D eigenvalue weighted by Gasteiger charge is 2.46. The van der Waals surface area contributed by atoms with Crippen molar-refractivity contribution in [1.82, 2.24) is 14.8 Å². The summed E-state index contributed by atoms with van der Waals surface area (Å²) >= 11 is 0. The molecule has 2 aliphatic rings. The summed E-state index contributed by atoms with van der Waals surface area (Å²) in [6.45, 7) is 3.79. The molecule has 0 saturated carbocycles. The van der Waals surface area contributed by atoms with Crippen LogP contribution in [0.25, 0.3) is 5.76 Å². The highest BCUT2D eigenvalue weighted by Crippen LogP contribution is 2.40. The van der Waals surface area contributed by atoms with Crippen molar-refractivity contribution in [2.24, 2.45) is 0 Å². The lowest BCUT2D eigenvalue weighted by atomic mass is 9.96. The Morgan fingerprint density at radius 1 is 1.06 bits per heavy atom. The molecule has 9 heteroatoms. The normalized spacial score (nSPS) is 20.8. The smallest absolute Gasteiger partial charge is 0.295 e. The van der Waals surface area contributed by atoms with Gasteiger partial charge >= 0.3 is 0 Å². The first kappa shape index (κ1) is 22.8. The minimum Gasteiger partial charge on any atom is -0.507 e. The fraction of sp³-hybridized carbons (Fsp3) is 0.375. The third-order valence-corrected chi connectivity index (χ3v) is 5.98. The molecule has 0 radical (unpaired) electrons. The molecule has 174 valence electrons. The number of amides is 1. The minimum absolute atomic E-state index is 0.0420. The lowest BCUT2D eigenvalue weighted by Crippen LogP contribution is -2.42. The molecular weight excluding hydrogens is 426 g/mol. The van der Waals surface area contributed by atoms with Gasteiger partial charge in [0.15, 0.2) is 11.5 Å². The minimum atomic E-state index is -0.720. The van der Waals surface area contributed by atoms with Crippen molar-refractivity contribution in [2.75, 3.05) is 53.6 Å². The Labute approximate surface area is 192 Å². The maximum Gasteiger partial charge on any atom is 0.295 e. The molecule has 1 N–H and O–H groups in total. The number of ether oxygens (including phenoxy) is 3. The molecule has 4 rings (SSSR count). The van der Waals surface area contributed by atoms with Gasteiger partial charge in [0.25, 0.3) is 11.7 Å². The Kier molecular flexibility index (Phi) is 6.90. The van der Waals surface area contributed by atoms with Crippen LogP contribution in [0, 0.1) is 0 Å². The van der Waals surface area contributed by atoms with Crippen molar-refractivity contribution in [1.29, 1.82) is 0 Å². The molecule has 1 aromatic heterocycles. The monoisotopic (exact) mass is 453 g/mol. The second-order valence-electron chi connectivity index (χ2n) is 7.80. The average Bonchev–Trinajstić information content (AvgIpc) is 3.12. The van der Waals surface area contributed by atoms with E-state index in [4.69, 9.17) is 14.2 Å². The van der Waals surface area contributed by atoms with Gasteiger partial charge in [-0.1, -0.05) is 0 Å². The molecule has 2 aromatic rings. The number of ketones is 1. The number of hydrogen-bond donors (Lipinski definition) is 1. The second-order valence-corrected chi connectivity index (χ2v) is 7.80. The van der Waals surface area contributed by atoms with E-state index in [1.165, 1.54) is 19.1 Å². The highest BCUT2D eigenvalue weighted by atomic mass is 16.5. The molecule has 1 aromatic carbocycles. The third kappa shape index (κ3) is 4.55. The van der Waals surface area contributed by atoms with Gasteiger partial charge in [-0.3, -0.25) is 19.5 Å². The molecule has 1 atom stereocenters. The number of carbonyl (C=O) groups is 2. The van der Waals surface area contributed by atoms with E-state index in [0.717, 1.165) is 13.1 Å². The summed E-state index contributed by atoms with van der Waals surface area (Å²) in [7, 11) is 3.00. The predicted octanol–water partition coefficient (Wildman–Crippen LogP) is 1.85. The lowest BCUT2D eigenvalue weighted by molar-refractivity contribution is -0.140. The highest BCUT2D eigenvalue weighted by molar-refractivity contribution is 6.46. The largest absolute Gasteiger partial charge is 0.507 e. The van der Waals surface area contributed by atoms with E-state index >= 15 is 0 Å². The quantitative estimate of drug-likeness (QED) is 0.385. The molecule has 2 aliphatic heterocycles. The first-order chi connectivity index (χ1) is 16.0. The van der Waals surface area contributed by atoms with Crippen molar-refractivity contribution in [3.05, 3.63) is 59.4 Å². The maximum absolute atomic E-state index is 13.1. The van der Waals surface area contributed by atoms with Gasteiger partial charge < -0.3 is 24.2 Å². The Morgan fingerprint density at radius 2 is 1.76 bits per heavy atom. The molecule has 2 fully saturated rings. The number of aliphatic hydroxyl groups excluding tert-OH is 1. The Hall–Kier alpha value is -3.43. The molecule has 1 amide bonds. The Morgan fingerprint density at radius 3 is 2.42 bits per heavy atom. The van der Waals surface area contributed by atoms with Crippen LogP contribution in [-0.4, -0.2) is 85.2 Å². The summed E-state index contributed by atoms with van der Waals surface area (Å²) in [5, 5.41) is 11.2. The summed E-state index contributed by atoms with van der Waals surface area (Å²) in [6.07, 6.45) is 3.21. The fourth-order valence-electron chi connectivity index (χ4n) is 4.22. The summed E-state index contributed by atoms with van der Waals surface area (Å²) in [4.78, 5) is 34.0.